The Balaban J connectivity index is 1.31. The van der Waals surface area contributed by atoms with Crippen LogP contribution in [0, 0.1) is 0 Å². The Hall–Kier alpha value is -2.72. The van der Waals surface area contributed by atoms with Crippen LogP contribution in [0.2, 0.25) is 5.02 Å². The number of halogens is 1. The van der Waals surface area contributed by atoms with E-state index in [0.717, 1.165) is 37.7 Å². The molecule has 2 aromatic carbocycles. The molecule has 10 heteroatoms. The van der Waals surface area contributed by atoms with E-state index in [1.807, 2.05) is 12.1 Å². The van der Waals surface area contributed by atoms with Gasteiger partial charge < -0.3 is 29.6 Å². The van der Waals surface area contributed by atoms with E-state index < -0.39 is 0 Å². The number of urea groups is 1. The molecular weight excluding hydrogens is 472 g/mol. The predicted molar refractivity (Wildman–Crippen MR) is 135 cm³/mol. The van der Waals surface area contributed by atoms with Crippen molar-refractivity contribution < 1.29 is 23.7 Å². The molecule has 0 saturated carbocycles. The number of hydrogen-bond donors (Lipinski definition) is 2. The van der Waals surface area contributed by atoms with E-state index >= 15 is 0 Å². The van der Waals surface area contributed by atoms with Gasteiger partial charge in [-0.1, -0.05) is 23.7 Å². The van der Waals surface area contributed by atoms with Gasteiger partial charge in [-0.2, -0.15) is 0 Å². The van der Waals surface area contributed by atoms with Crippen molar-refractivity contribution in [1.29, 1.82) is 0 Å². The van der Waals surface area contributed by atoms with Crippen LogP contribution in [0.15, 0.2) is 36.4 Å². The first kappa shape index (κ1) is 25.4. The van der Waals surface area contributed by atoms with Gasteiger partial charge in [-0.15, -0.1) is 0 Å². The number of rotatable bonds is 8. The largest absolute Gasteiger partial charge is 0.493 e. The molecule has 4 rings (SSSR count). The number of ether oxygens (including phenoxy) is 4. The number of nitrogens with zero attached hydrogens (tertiary/aromatic N) is 2. The number of methoxy groups -OCH3 is 3. The minimum atomic E-state index is -0.304. The summed E-state index contributed by atoms with van der Waals surface area (Å²) in [6.07, 6.45) is 0. The summed E-state index contributed by atoms with van der Waals surface area (Å²) in [6.45, 7) is 5.77. The Morgan fingerprint density at radius 1 is 1.00 bits per heavy atom. The van der Waals surface area contributed by atoms with E-state index in [2.05, 4.69) is 32.6 Å². The van der Waals surface area contributed by atoms with Gasteiger partial charge in [-0.25, -0.2) is 4.79 Å². The lowest BCUT2D eigenvalue weighted by atomic mass is 10.1. The molecule has 0 unspecified atom stereocenters. The molecule has 2 saturated heterocycles. The first-order valence-corrected chi connectivity index (χ1v) is 12.0. The Morgan fingerprint density at radius 2 is 1.66 bits per heavy atom. The van der Waals surface area contributed by atoms with Crippen molar-refractivity contribution in [3.8, 4) is 17.2 Å². The lowest BCUT2D eigenvalue weighted by Crippen LogP contribution is -2.57. The summed E-state index contributed by atoms with van der Waals surface area (Å²) >= 11 is 6.00. The lowest BCUT2D eigenvalue weighted by Gasteiger charge is -2.39. The van der Waals surface area contributed by atoms with Crippen LogP contribution in [0.1, 0.15) is 5.56 Å². The molecule has 0 spiro atoms. The third-order valence-corrected chi connectivity index (χ3v) is 6.74. The maximum atomic E-state index is 12.8. The lowest BCUT2D eigenvalue weighted by molar-refractivity contribution is 0.0774. The number of carbonyl (C=O) groups is 1. The summed E-state index contributed by atoms with van der Waals surface area (Å²) in [6, 6.07) is 11.1. The monoisotopic (exact) mass is 504 g/mol. The van der Waals surface area contributed by atoms with Crippen LogP contribution < -0.4 is 24.8 Å². The van der Waals surface area contributed by atoms with Crippen molar-refractivity contribution >= 4 is 23.3 Å². The average molecular weight is 505 g/mol. The van der Waals surface area contributed by atoms with Crippen molar-refractivity contribution in [3.05, 3.63) is 47.0 Å². The molecule has 2 amide bonds. The number of anilines is 1. The van der Waals surface area contributed by atoms with Crippen LogP contribution in [-0.4, -0.2) is 88.6 Å². The maximum Gasteiger partial charge on any atom is 0.319 e. The zero-order valence-electron chi connectivity index (χ0n) is 20.4. The molecule has 0 bridgehead atoms. The van der Waals surface area contributed by atoms with Gasteiger partial charge in [0.25, 0.3) is 0 Å². The van der Waals surface area contributed by atoms with E-state index in [1.165, 1.54) is 26.9 Å². The van der Waals surface area contributed by atoms with Crippen LogP contribution in [-0.2, 0) is 11.3 Å². The number of amides is 2. The first-order valence-electron chi connectivity index (χ1n) is 11.7. The molecule has 35 heavy (non-hydrogen) atoms. The van der Waals surface area contributed by atoms with Crippen LogP contribution in [0.4, 0.5) is 10.5 Å². The second kappa shape index (κ2) is 11.8. The second-order valence-electron chi connectivity index (χ2n) is 8.66. The van der Waals surface area contributed by atoms with Crippen molar-refractivity contribution in [2.45, 2.75) is 18.6 Å². The topological polar surface area (TPSA) is 84.5 Å². The van der Waals surface area contributed by atoms with Gasteiger partial charge in [0, 0.05) is 49.9 Å². The normalized spacial score (nSPS) is 20.9. The van der Waals surface area contributed by atoms with Crippen molar-refractivity contribution in [2.75, 3.05) is 66.0 Å². The number of nitrogens with one attached hydrogen (secondary N) is 2. The number of hydrogen-bond acceptors (Lipinski definition) is 7. The Bertz CT molecular complexity index is 973. The van der Waals surface area contributed by atoms with Crippen LogP contribution in [0.5, 0.6) is 17.2 Å². The smallest absolute Gasteiger partial charge is 0.319 e. The maximum absolute atomic E-state index is 12.8. The molecule has 2 aromatic rings. The third-order valence-electron chi connectivity index (χ3n) is 6.48. The second-order valence-corrected chi connectivity index (χ2v) is 9.10. The minimum Gasteiger partial charge on any atom is -0.493 e. The summed E-state index contributed by atoms with van der Waals surface area (Å²) in [4.78, 5) is 17.7. The molecule has 2 heterocycles. The molecule has 2 fully saturated rings. The van der Waals surface area contributed by atoms with Crippen molar-refractivity contribution in [2.24, 2.45) is 0 Å². The Labute approximate surface area is 211 Å². The number of piperazine rings is 1. The quantitative estimate of drug-likeness (QED) is 0.571. The molecule has 9 nitrogen and oxygen atoms in total. The average Bonchev–Trinajstić information content (AvgIpc) is 3.33. The molecule has 2 atom stereocenters. The van der Waals surface area contributed by atoms with Gasteiger partial charge in [0.1, 0.15) is 0 Å². The highest BCUT2D eigenvalue weighted by Gasteiger charge is 2.35. The van der Waals surface area contributed by atoms with Gasteiger partial charge in [0.15, 0.2) is 11.5 Å². The van der Waals surface area contributed by atoms with Crippen LogP contribution >= 0.6 is 11.6 Å². The molecular formula is C25H33ClN4O5. The van der Waals surface area contributed by atoms with E-state index in [1.54, 1.807) is 12.1 Å². The summed E-state index contributed by atoms with van der Waals surface area (Å²) in [5.41, 5.74) is 1.80. The van der Waals surface area contributed by atoms with Gasteiger partial charge >= 0.3 is 6.03 Å². The SMILES string of the molecule is COc1cc(NC(=O)N[C@H]2COC[C@@H]2N2CCN(Cc3ccc(Cl)cc3)CC2)cc(OC)c1OC. The molecule has 190 valence electrons. The summed E-state index contributed by atoms with van der Waals surface area (Å²) in [5.74, 6) is 1.42. The number of benzene rings is 2. The van der Waals surface area contributed by atoms with E-state index in [4.69, 9.17) is 30.5 Å². The number of carbonyl (C=O) groups excluding carboxylic acids is 1. The highest BCUT2D eigenvalue weighted by molar-refractivity contribution is 6.30. The standard InChI is InChI=1S/C25H33ClN4O5/c1-32-22-12-19(13-23(33-2)24(22)34-3)27-25(31)28-20-15-35-16-21(20)30-10-8-29(9-11-30)14-17-4-6-18(26)7-5-17/h4-7,12-13,20-21H,8-11,14-16H2,1-3H3,(H2,27,28,31)/t20-,21-/m0/s1. The summed E-state index contributed by atoms with van der Waals surface area (Å²) in [5, 5.41) is 6.71. The zero-order valence-corrected chi connectivity index (χ0v) is 21.1. The highest BCUT2D eigenvalue weighted by atomic mass is 35.5. The molecule has 2 N–H and O–H groups in total. The predicted octanol–water partition coefficient (Wildman–Crippen LogP) is 3.07. The fourth-order valence-corrected chi connectivity index (χ4v) is 4.76. The zero-order chi connectivity index (χ0) is 24.8. The summed E-state index contributed by atoms with van der Waals surface area (Å²) < 4.78 is 21.8. The third kappa shape index (κ3) is 6.29. The fraction of sp³-hybridized carbons (Fsp3) is 0.480. The Kier molecular flexibility index (Phi) is 8.56. The molecule has 0 aliphatic carbocycles. The van der Waals surface area contributed by atoms with Gasteiger partial charge in [0.05, 0.1) is 52.3 Å². The van der Waals surface area contributed by atoms with Crippen LogP contribution in [0.3, 0.4) is 0 Å². The molecule has 0 radical (unpaired) electrons. The molecule has 0 aromatic heterocycles. The molecule has 2 aliphatic heterocycles. The van der Waals surface area contributed by atoms with Crippen molar-refractivity contribution in [3.63, 3.8) is 0 Å². The Morgan fingerprint density at radius 3 is 2.26 bits per heavy atom. The van der Waals surface area contributed by atoms with E-state index in [-0.39, 0.29) is 18.1 Å². The van der Waals surface area contributed by atoms with E-state index in [0.29, 0.717) is 36.1 Å². The van der Waals surface area contributed by atoms with Gasteiger partial charge in [-0.05, 0) is 17.7 Å². The molecule has 2 aliphatic rings. The summed E-state index contributed by atoms with van der Waals surface area (Å²) in [7, 11) is 4.62. The van der Waals surface area contributed by atoms with Gasteiger partial charge in [0.2, 0.25) is 5.75 Å². The fourth-order valence-electron chi connectivity index (χ4n) is 4.63. The van der Waals surface area contributed by atoms with E-state index in [9.17, 15) is 4.79 Å². The van der Waals surface area contributed by atoms with Gasteiger partial charge in [-0.3, -0.25) is 9.80 Å². The first-order chi connectivity index (χ1) is 17.0. The highest BCUT2D eigenvalue weighted by Crippen LogP contribution is 2.39. The minimum absolute atomic E-state index is 0.0974. The van der Waals surface area contributed by atoms with Crippen molar-refractivity contribution in [1.82, 2.24) is 15.1 Å². The van der Waals surface area contributed by atoms with Crippen LogP contribution in [0.25, 0.3) is 0 Å².